The lowest BCUT2D eigenvalue weighted by atomic mass is 10.2. The Morgan fingerprint density at radius 1 is 1.54 bits per heavy atom. The predicted molar refractivity (Wildman–Crippen MR) is 42.5 cm³/mol. The molecule has 1 aliphatic rings. The van der Waals surface area contributed by atoms with Crippen molar-refractivity contribution in [3.8, 4) is 0 Å². The molecule has 1 rings (SSSR count). The Bertz CT molecular complexity index is 293. The molecule has 0 bridgehead atoms. The van der Waals surface area contributed by atoms with Gasteiger partial charge in [-0.25, -0.2) is 0 Å². The Labute approximate surface area is 74.7 Å². The zero-order valence-electron chi connectivity index (χ0n) is 7.12. The van der Waals surface area contributed by atoms with Gasteiger partial charge in [0.1, 0.15) is 0 Å². The Hall–Kier alpha value is -1.65. The molecular weight excluding hydrogens is 174 g/mol. The molecule has 0 spiro atoms. The van der Waals surface area contributed by atoms with Crippen LogP contribution in [0.15, 0.2) is 11.6 Å². The van der Waals surface area contributed by atoms with Crippen LogP contribution in [-0.4, -0.2) is 24.4 Å². The number of carbonyl (C=O) groups excluding carboxylic acids is 3. The van der Waals surface area contributed by atoms with E-state index in [9.17, 15) is 14.4 Å². The van der Waals surface area contributed by atoms with Crippen molar-refractivity contribution in [2.24, 2.45) is 0 Å². The lowest BCUT2D eigenvalue weighted by molar-refractivity contribution is -0.143. The molecular formula is C8H9NO4. The Balaban J connectivity index is 2.54. The van der Waals surface area contributed by atoms with E-state index >= 15 is 0 Å². The molecule has 1 aliphatic heterocycles. The van der Waals surface area contributed by atoms with Crippen molar-refractivity contribution in [3.63, 3.8) is 0 Å². The molecule has 0 aromatic rings. The molecule has 0 radical (unpaired) electrons. The number of hydrogen-bond donors (Lipinski definition) is 1. The van der Waals surface area contributed by atoms with Crippen molar-refractivity contribution in [1.82, 2.24) is 5.32 Å². The SMILES string of the molecule is CCOC(=O)CC1=CC(=O)NC1=O. The molecule has 70 valence electrons. The minimum atomic E-state index is -0.516. The molecule has 0 fully saturated rings. The summed E-state index contributed by atoms with van der Waals surface area (Å²) in [6.07, 6.45) is 0.963. The van der Waals surface area contributed by atoms with Gasteiger partial charge in [-0.3, -0.25) is 19.7 Å². The molecule has 5 nitrogen and oxygen atoms in total. The van der Waals surface area contributed by atoms with Crippen molar-refractivity contribution in [3.05, 3.63) is 11.6 Å². The maximum absolute atomic E-state index is 10.9. The Kier molecular flexibility index (Phi) is 2.79. The highest BCUT2D eigenvalue weighted by Crippen LogP contribution is 2.07. The van der Waals surface area contributed by atoms with Crippen LogP contribution in [0.1, 0.15) is 13.3 Å². The summed E-state index contributed by atoms with van der Waals surface area (Å²) in [6.45, 7) is 1.94. The summed E-state index contributed by atoms with van der Waals surface area (Å²) in [5, 5.41) is 2.04. The van der Waals surface area contributed by atoms with Gasteiger partial charge in [-0.05, 0) is 6.92 Å². The number of carbonyl (C=O) groups is 3. The molecule has 1 N–H and O–H groups in total. The van der Waals surface area contributed by atoms with E-state index in [1.807, 2.05) is 5.32 Å². The summed E-state index contributed by atoms with van der Waals surface area (Å²) < 4.78 is 4.62. The van der Waals surface area contributed by atoms with Gasteiger partial charge >= 0.3 is 5.97 Å². The minimum Gasteiger partial charge on any atom is -0.466 e. The highest BCUT2D eigenvalue weighted by molar-refractivity contribution is 6.17. The van der Waals surface area contributed by atoms with Crippen LogP contribution in [0, 0.1) is 0 Å². The number of esters is 1. The van der Waals surface area contributed by atoms with Crippen LogP contribution in [0.3, 0.4) is 0 Å². The zero-order valence-corrected chi connectivity index (χ0v) is 7.12. The number of imide groups is 1. The van der Waals surface area contributed by atoms with E-state index in [0.29, 0.717) is 0 Å². The summed E-state index contributed by atoms with van der Waals surface area (Å²) in [5.74, 6) is -1.50. The first-order chi connectivity index (χ1) is 6.13. The fourth-order valence-corrected chi connectivity index (χ4v) is 0.951. The standard InChI is InChI=1S/C8H9NO4/c1-2-13-7(11)4-5-3-6(10)9-8(5)12/h3H,2,4H2,1H3,(H,9,10,12). The summed E-state index contributed by atoms with van der Waals surface area (Å²) in [6, 6.07) is 0. The average molecular weight is 183 g/mol. The number of amides is 2. The predicted octanol–water partition coefficient (Wildman–Crippen LogP) is -0.478. The highest BCUT2D eigenvalue weighted by atomic mass is 16.5. The lowest BCUT2D eigenvalue weighted by Gasteiger charge is -1.99. The molecule has 0 aromatic heterocycles. The van der Waals surface area contributed by atoms with E-state index in [1.165, 1.54) is 0 Å². The first kappa shape index (κ1) is 9.44. The minimum absolute atomic E-state index is 0.147. The van der Waals surface area contributed by atoms with Crippen LogP contribution in [0.4, 0.5) is 0 Å². The largest absolute Gasteiger partial charge is 0.466 e. The van der Waals surface area contributed by atoms with Gasteiger partial charge in [-0.2, -0.15) is 0 Å². The third-order valence-electron chi connectivity index (χ3n) is 1.47. The molecule has 2 amide bonds. The van der Waals surface area contributed by atoms with Gasteiger partial charge in [0.25, 0.3) is 11.8 Å². The second-order valence-corrected chi connectivity index (χ2v) is 2.47. The van der Waals surface area contributed by atoms with Crippen LogP contribution < -0.4 is 5.32 Å². The van der Waals surface area contributed by atoms with Crippen molar-refractivity contribution in [1.29, 1.82) is 0 Å². The molecule has 1 heterocycles. The molecule has 5 heteroatoms. The molecule has 13 heavy (non-hydrogen) atoms. The fourth-order valence-electron chi connectivity index (χ4n) is 0.951. The zero-order chi connectivity index (χ0) is 9.84. The normalized spacial score (nSPS) is 15.3. The van der Waals surface area contributed by atoms with E-state index in [0.717, 1.165) is 6.08 Å². The summed E-state index contributed by atoms with van der Waals surface area (Å²) in [7, 11) is 0. The number of ether oxygens (including phenoxy) is 1. The average Bonchev–Trinajstić information content (AvgIpc) is 2.30. The molecule has 0 saturated carbocycles. The van der Waals surface area contributed by atoms with Gasteiger partial charge in [0.05, 0.1) is 13.0 Å². The summed E-state index contributed by atoms with van der Waals surface area (Å²) in [5.41, 5.74) is 0.156. The smallest absolute Gasteiger partial charge is 0.310 e. The monoisotopic (exact) mass is 183 g/mol. The van der Waals surface area contributed by atoms with Crippen LogP contribution in [0.25, 0.3) is 0 Å². The third-order valence-corrected chi connectivity index (χ3v) is 1.47. The van der Waals surface area contributed by atoms with Gasteiger partial charge in [0.15, 0.2) is 0 Å². The van der Waals surface area contributed by atoms with Gasteiger partial charge in [0.2, 0.25) is 0 Å². The number of nitrogens with one attached hydrogen (secondary N) is 1. The number of rotatable bonds is 3. The summed E-state index contributed by atoms with van der Waals surface area (Å²) >= 11 is 0. The van der Waals surface area contributed by atoms with Gasteiger partial charge in [-0.15, -0.1) is 0 Å². The van der Waals surface area contributed by atoms with Crippen molar-refractivity contribution in [2.75, 3.05) is 6.61 Å². The first-order valence-corrected chi connectivity index (χ1v) is 3.85. The van der Waals surface area contributed by atoms with Crippen LogP contribution in [0.5, 0.6) is 0 Å². The Morgan fingerprint density at radius 3 is 2.69 bits per heavy atom. The van der Waals surface area contributed by atoms with Gasteiger partial charge in [0, 0.05) is 11.6 Å². The van der Waals surface area contributed by atoms with E-state index < -0.39 is 17.8 Å². The lowest BCUT2D eigenvalue weighted by Crippen LogP contribution is -2.23. The van der Waals surface area contributed by atoms with Crippen molar-refractivity contribution in [2.45, 2.75) is 13.3 Å². The Morgan fingerprint density at radius 2 is 2.23 bits per heavy atom. The van der Waals surface area contributed by atoms with Crippen LogP contribution >= 0.6 is 0 Å². The van der Waals surface area contributed by atoms with Gasteiger partial charge in [-0.1, -0.05) is 0 Å². The van der Waals surface area contributed by atoms with Crippen LogP contribution in [-0.2, 0) is 19.1 Å². The molecule has 0 atom stereocenters. The number of hydrogen-bond acceptors (Lipinski definition) is 4. The molecule has 0 saturated heterocycles. The third kappa shape index (κ3) is 2.40. The topological polar surface area (TPSA) is 72.5 Å². The van der Waals surface area contributed by atoms with E-state index in [2.05, 4.69) is 4.74 Å². The molecule has 0 unspecified atom stereocenters. The van der Waals surface area contributed by atoms with Crippen LogP contribution in [0.2, 0.25) is 0 Å². The van der Waals surface area contributed by atoms with Crippen molar-refractivity contribution < 1.29 is 19.1 Å². The molecule has 0 aromatic carbocycles. The van der Waals surface area contributed by atoms with Gasteiger partial charge < -0.3 is 4.74 Å². The second-order valence-electron chi connectivity index (χ2n) is 2.47. The highest BCUT2D eigenvalue weighted by Gasteiger charge is 2.22. The first-order valence-electron chi connectivity index (χ1n) is 3.85. The maximum atomic E-state index is 10.9. The fraction of sp³-hybridized carbons (Fsp3) is 0.375. The quantitative estimate of drug-likeness (QED) is 0.474. The molecule has 0 aliphatic carbocycles. The van der Waals surface area contributed by atoms with E-state index in [1.54, 1.807) is 6.92 Å². The van der Waals surface area contributed by atoms with E-state index in [4.69, 9.17) is 0 Å². The van der Waals surface area contributed by atoms with E-state index in [-0.39, 0.29) is 18.6 Å². The van der Waals surface area contributed by atoms with Crippen molar-refractivity contribution >= 4 is 17.8 Å². The second kappa shape index (κ2) is 3.84. The summed E-state index contributed by atoms with van der Waals surface area (Å²) in [4.78, 5) is 32.5. The maximum Gasteiger partial charge on any atom is 0.310 e.